The van der Waals surface area contributed by atoms with Gasteiger partial charge in [-0.3, -0.25) is 9.36 Å². The van der Waals surface area contributed by atoms with Gasteiger partial charge in [-0.1, -0.05) is 29.1 Å². The van der Waals surface area contributed by atoms with Gasteiger partial charge in [-0.2, -0.15) is 18.2 Å². The topological polar surface area (TPSA) is 89.6 Å². The third kappa shape index (κ3) is 3.84. The molecule has 0 fully saturated rings. The molecule has 3 aromatic heterocycles. The first-order valence-electron chi connectivity index (χ1n) is 8.99. The Morgan fingerprint density at radius 2 is 2.03 bits per heavy atom. The van der Waals surface area contributed by atoms with E-state index in [4.69, 9.17) is 4.52 Å². The van der Waals surface area contributed by atoms with Crippen molar-refractivity contribution >= 4 is 22.8 Å². The van der Waals surface area contributed by atoms with Crippen LogP contribution in [0.1, 0.15) is 24.1 Å². The normalized spacial score (nSPS) is 12.0. The Hall–Kier alpha value is -3.08. The molecule has 156 valence electrons. The van der Waals surface area contributed by atoms with Crippen LogP contribution in [0.4, 0.5) is 13.2 Å². The van der Waals surface area contributed by atoms with Crippen LogP contribution in [0.5, 0.6) is 0 Å². The molecule has 0 radical (unpaired) electrons. The predicted octanol–water partition coefficient (Wildman–Crippen LogP) is 4.41. The minimum atomic E-state index is -4.46. The van der Waals surface area contributed by atoms with E-state index in [2.05, 4.69) is 20.1 Å². The summed E-state index contributed by atoms with van der Waals surface area (Å²) in [5.41, 5.74) is 1.10. The zero-order valence-corrected chi connectivity index (χ0v) is 16.8. The molecule has 11 heteroatoms. The van der Waals surface area contributed by atoms with Gasteiger partial charge in [0.2, 0.25) is 11.7 Å². The molecule has 0 aliphatic heterocycles. The second-order valence-electron chi connectivity index (χ2n) is 6.54. The molecule has 0 aliphatic rings. The van der Waals surface area contributed by atoms with Crippen LogP contribution in [-0.2, 0) is 18.5 Å². The quantitative estimate of drug-likeness (QED) is 0.369. The number of benzene rings is 1. The van der Waals surface area contributed by atoms with Gasteiger partial charge in [-0.25, -0.2) is 4.98 Å². The predicted molar refractivity (Wildman–Crippen MR) is 105 cm³/mol. The smallest absolute Gasteiger partial charge is 0.353 e. The third-order valence-corrected chi connectivity index (χ3v) is 5.36. The Kier molecular flexibility index (Phi) is 5.14. The average molecular weight is 435 g/mol. The van der Waals surface area contributed by atoms with Crippen molar-refractivity contribution < 1.29 is 17.7 Å². The number of thioether (sulfide) groups is 1. The minimum absolute atomic E-state index is 0.0641. The van der Waals surface area contributed by atoms with Crippen molar-refractivity contribution in [1.29, 1.82) is 0 Å². The van der Waals surface area contributed by atoms with E-state index in [1.807, 2.05) is 13.8 Å². The molecule has 0 aliphatic carbocycles. The van der Waals surface area contributed by atoms with Crippen molar-refractivity contribution in [2.24, 2.45) is 0 Å². The molecule has 0 saturated heterocycles. The summed E-state index contributed by atoms with van der Waals surface area (Å²) in [5, 5.41) is 4.27. The minimum Gasteiger partial charge on any atom is -0.353 e. The number of H-pyrrole nitrogens is 1. The molecule has 1 aromatic carbocycles. The Morgan fingerprint density at radius 3 is 2.77 bits per heavy atom. The Balaban J connectivity index is 1.58. The summed E-state index contributed by atoms with van der Waals surface area (Å²) in [6.45, 7) is 4.12. The van der Waals surface area contributed by atoms with E-state index in [0.717, 1.165) is 17.8 Å². The Labute approximate surface area is 172 Å². The van der Waals surface area contributed by atoms with E-state index in [1.54, 1.807) is 6.07 Å². The number of rotatable bonds is 5. The van der Waals surface area contributed by atoms with Gasteiger partial charge in [0, 0.05) is 17.8 Å². The van der Waals surface area contributed by atoms with E-state index in [1.165, 1.54) is 28.5 Å². The van der Waals surface area contributed by atoms with Crippen molar-refractivity contribution in [2.75, 3.05) is 0 Å². The molecule has 3 heterocycles. The zero-order valence-electron chi connectivity index (χ0n) is 15.9. The van der Waals surface area contributed by atoms with Crippen LogP contribution in [0.25, 0.3) is 22.4 Å². The fourth-order valence-electron chi connectivity index (χ4n) is 2.99. The fraction of sp³-hybridized carbons (Fsp3) is 0.263. The lowest BCUT2D eigenvalue weighted by molar-refractivity contribution is -0.137. The van der Waals surface area contributed by atoms with E-state index < -0.39 is 11.7 Å². The van der Waals surface area contributed by atoms with Crippen molar-refractivity contribution in [3.63, 3.8) is 0 Å². The lowest BCUT2D eigenvalue weighted by Gasteiger charge is -2.08. The lowest BCUT2D eigenvalue weighted by Crippen LogP contribution is -2.22. The number of aromatic amines is 1. The van der Waals surface area contributed by atoms with Gasteiger partial charge >= 0.3 is 6.18 Å². The molecule has 1 N–H and O–H groups in total. The number of nitrogens with one attached hydrogen (secondary N) is 1. The van der Waals surface area contributed by atoms with Gasteiger partial charge in [0.1, 0.15) is 5.52 Å². The van der Waals surface area contributed by atoms with Crippen molar-refractivity contribution in [2.45, 2.75) is 37.5 Å². The van der Waals surface area contributed by atoms with Gasteiger partial charge in [-0.15, -0.1) is 0 Å². The maximum absolute atomic E-state index is 12.9. The van der Waals surface area contributed by atoms with E-state index in [0.29, 0.717) is 22.7 Å². The van der Waals surface area contributed by atoms with Gasteiger partial charge in [0.25, 0.3) is 5.56 Å². The Morgan fingerprint density at radius 1 is 1.23 bits per heavy atom. The maximum Gasteiger partial charge on any atom is 0.416 e. The highest BCUT2D eigenvalue weighted by atomic mass is 32.2. The molecule has 4 aromatic rings. The highest BCUT2D eigenvalue weighted by Gasteiger charge is 2.30. The van der Waals surface area contributed by atoms with Crippen LogP contribution < -0.4 is 5.56 Å². The number of aromatic nitrogens is 5. The first-order valence-corrected chi connectivity index (χ1v) is 9.98. The molecule has 0 bridgehead atoms. The molecule has 30 heavy (non-hydrogen) atoms. The second kappa shape index (κ2) is 7.63. The largest absolute Gasteiger partial charge is 0.416 e. The van der Waals surface area contributed by atoms with E-state index >= 15 is 0 Å². The van der Waals surface area contributed by atoms with Crippen LogP contribution in [0.3, 0.4) is 0 Å². The van der Waals surface area contributed by atoms with Crippen molar-refractivity contribution in [3.8, 4) is 11.4 Å². The second-order valence-corrected chi connectivity index (χ2v) is 7.48. The fourth-order valence-corrected chi connectivity index (χ4v) is 3.89. The molecule has 0 amide bonds. The average Bonchev–Trinajstić information content (AvgIpc) is 3.32. The zero-order chi connectivity index (χ0) is 21.5. The summed E-state index contributed by atoms with van der Waals surface area (Å²) in [4.78, 5) is 24.4. The molecule has 0 spiro atoms. The molecule has 0 saturated carbocycles. The van der Waals surface area contributed by atoms with Gasteiger partial charge in [-0.05, 0) is 32.0 Å². The lowest BCUT2D eigenvalue weighted by atomic mass is 10.1. The number of halogens is 3. The summed E-state index contributed by atoms with van der Waals surface area (Å²) in [6.07, 6.45) is -4.46. The molecular weight excluding hydrogens is 419 g/mol. The molecule has 0 unspecified atom stereocenters. The standard InChI is InChI=1S/C19H16F3N5O2S/c1-3-27-17(28)15-13(7-10(2)23-15)24-18(27)30-9-14-25-16(26-29-14)11-5-4-6-12(8-11)19(20,21)22/h4-8,23H,3,9H2,1-2H3. The highest BCUT2D eigenvalue weighted by molar-refractivity contribution is 7.98. The first kappa shape index (κ1) is 20.2. The number of hydrogen-bond acceptors (Lipinski definition) is 6. The summed E-state index contributed by atoms with van der Waals surface area (Å²) in [7, 11) is 0. The molecule has 0 atom stereocenters. The van der Waals surface area contributed by atoms with Crippen molar-refractivity contribution in [3.05, 3.63) is 57.8 Å². The number of hydrogen-bond donors (Lipinski definition) is 1. The summed E-state index contributed by atoms with van der Waals surface area (Å²) >= 11 is 1.24. The number of fused-ring (bicyclic) bond motifs is 1. The maximum atomic E-state index is 12.9. The summed E-state index contributed by atoms with van der Waals surface area (Å²) in [6, 6.07) is 6.52. The van der Waals surface area contributed by atoms with Crippen LogP contribution >= 0.6 is 11.8 Å². The number of aryl methyl sites for hydroxylation is 1. The number of nitrogens with zero attached hydrogens (tertiary/aromatic N) is 4. The monoisotopic (exact) mass is 435 g/mol. The highest BCUT2D eigenvalue weighted by Crippen LogP contribution is 2.31. The number of alkyl halides is 3. The van der Waals surface area contributed by atoms with Crippen LogP contribution in [-0.4, -0.2) is 24.7 Å². The van der Waals surface area contributed by atoms with E-state index in [9.17, 15) is 18.0 Å². The molecule has 4 rings (SSSR count). The summed E-state index contributed by atoms with van der Waals surface area (Å²) in [5.74, 6) is 0.497. The van der Waals surface area contributed by atoms with Crippen LogP contribution in [0, 0.1) is 6.92 Å². The summed E-state index contributed by atoms with van der Waals surface area (Å²) < 4.78 is 45.4. The first-order chi connectivity index (χ1) is 14.3. The van der Waals surface area contributed by atoms with Crippen LogP contribution in [0.15, 0.2) is 44.8 Å². The molecule has 7 nitrogen and oxygen atoms in total. The van der Waals surface area contributed by atoms with Crippen LogP contribution in [0.2, 0.25) is 0 Å². The van der Waals surface area contributed by atoms with Gasteiger partial charge < -0.3 is 9.51 Å². The van der Waals surface area contributed by atoms with Gasteiger partial charge in [0.15, 0.2) is 5.16 Å². The van der Waals surface area contributed by atoms with E-state index in [-0.39, 0.29) is 28.6 Å². The van der Waals surface area contributed by atoms with Crippen molar-refractivity contribution in [1.82, 2.24) is 24.7 Å². The SMILES string of the molecule is CCn1c(SCc2nc(-c3cccc(C(F)(F)F)c3)no2)nc2cc(C)[nH]c2c1=O. The Bertz CT molecular complexity index is 1280. The third-order valence-electron chi connectivity index (χ3n) is 4.39. The molecular formula is C19H16F3N5O2S. The van der Waals surface area contributed by atoms with Gasteiger partial charge in [0.05, 0.1) is 16.8 Å².